The van der Waals surface area contributed by atoms with Gasteiger partial charge in [0.2, 0.25) is 11.8 Å². The highest BCUT2D eigenvalue weighted by atomic mass is 35.5. The molecule has 0 spiro atoms. The number of anilines is 1. The molecule has 4 amide bonds. The van der Waals surface area contributed by atoms with Gasteiger partial charge in [0.05, 0.1) is 18.8 Å². The Labute approximate surface area is 201 Å². The number of carbonyl (C=O) groups is 3. The van der Waals surface area contributed by atoms with Gasteiger partial charge in [0, 0.05) is 16.0 Å². The maximum Gasteiger partial charge on any atom is 0.327 e. The van der Waals surface area contributed by atoms with Crippen molar-refractivity contribution in [3.05, 3.63) is 52.9 Å². The number of halogens is 1. The lowest BCUT2D eigenvalue weighted by molar-refractivity contribution is -0.134. The standard InChI is InChI=1S/C24H26ClN3O4S/c1-14-17(25)8-4-9-18(14)26-20(29)13-27-21-16-7-2-3-10-19(16)33-22(21)23(30)28(24(27)31)12-15-6-5-11-32-15/h4-6,8-9,11,16,19,21-22H,2-3,7,10,12-13H2,1H3,(H,26,29). The van der Waals surface area contributed by atoms with E-state index in [-0.39, 0.29) is 42.1 Å². The average Bonchev–Trinajstić information content (AvgIpc) is 3.45. The van der Waals surface area contributed by atoms with Crippen molar-refractivity contribution < 1.29 is 18.8 Å². The fourth-order valence-electron chi connectivity index (χ4n) is 5.27. The molecule has 1 aromatic carbocycles. The molecule has 3 fully saturated rings. The quantitative estimate of drug-likeness (QED) is 0.661. The van der Waals surface area contributed by atoms with Crippen molar-refractivity contribution in [1.82, 2.24) is 9.80 Å². The van der Waals surface area contributed by atoms with Gasteiger partial charge in [-0.05, 0) is 55.5 Å². The summed E-state index contributed by atoms with van der Waals surface area (Å²) in [5.41, 5.74) is 1.39. The lowest BCUT2D eigenvalue weighted by Crippen LogP contribution is -2.64. The fourth-order valence-corrected chi connectivity index (χ4v) is 7.38. The van der Waals surface area contributed by atoms with Gasteiger partial charge in [-0.1, -0.05) is 30.5 Å². The number of benzene rings is 1. The Morgan fingerprint density at radius 1 is 1.21 bits per heavy atom. The summed E-state index contributed by atoms with van der Waals surface area (Å²) in [6, 6.07) is 8.11. The summed E-state index contributed by atoms with van der Waals surface area (Å²) in [5, 5.41) is 3.45. The first-order valence-corrected chi connectivity index (χ1v) is 12.6. The average molecular weight is 488 g/mol. The molecule has 2 aromatic rings. The molecule has 4 atom stereocenters. The molecule has 2 aliphatic heterocycles. The summed E-state index contributed by atoms with van der Waals surface area (Å²) in [6.07, 6.45) is 5.77. The van der Waals surface area contributed by atoms with Gasteiger partial charge in [0.1, 0.15) is 17.6 Å². The van der Waals surface area contributed by atoms with Gasteiger partial charge < -0.3 is 14.6 Å². The van der Waals surface area contributed by atoms with Gasteiger partial charge in [-0.2, -0.15) is 0 Å². The summed E-state index contributed by atoms with van der Waals surface area (Å²) in [6.45, 7) is 1.79. The molecule has 1 saturated carbocycles. The summed E-state index contributed by atoms with van der Waals surface area (Å²) in [7, 11) is 0. The monoisotopic (exact) mass is 487 g/mol. The Hall–Kier alpha value is -2.45. The molecule has 5 rings (SSSR count). The van der Waals surface area contributed by atoms with Crippen molar-refractivity contribution in [2.45, 2.75) is 55.7 Å². The van der Waals surface area contributed by atoms with Crippen LogP contribution in [0.5, 0.6) is 0 Å². The molecular formula is C24H26ClN3O4S. The lowest BCUT2D eigenvalue weighted by Gasteiger charge is -2.43. The molecule has 174 valence electrons. The van der Waals surface area contributed by atoms with Crippen LogP contribution in [0.1, 0.15) is 37.0 Å². The first-order chi connectivity index (χ1) is 15.9. The van der Waals surface area contributed by atoms with Gasteiger partial charge in [0.15, 0.2) is 0 Å². The Morgan fingerprint density at radius 3 is 2.82 bits per heavy atom. The summed E-state index contributed by atoms with van der Waals surface area (Å²) >= 11 is 7.87. The van der Waals surface area contributed by atoms with Crippen LogP contribution in [0.3, 0.4) is 0 Å². The smallest absolute Gasteiger partial charge is 0.327 e. The third-order valence-electron chi connectivity index (χ3n) is 6.92. The van der Waals surface area contributed by atoms with Crippen molar-refractivity contribution in [2.24, 2.45) is 5.92 Å². The van der Waals surface area contributed by atoms with Crippen molar-refractivity contribution in [3.8, 4) is 0 Å². The number of carbonyl (C=O) groups excluding carboxylic acids is 3. The largest absolute Gasteiger partial charge is 0.467 e. The molecule has 33 heavy (non-hydrogen) atoms. The van der Waals surface area contributed by atoms with Crippen LogP contribution in [-0.2, 0) is 16.1 Å². The zero-order valence-electron chi connectivity index (χ0n) is 18.3. The van der Waals surface area contributed by atoms with Gasteiger partial charge >= 0.3 is 6.03 Å². The maximum absolute atomic E-state index is 13.6. The van der Waals surface area contributed by atoms with E-state index in [1.807, 2.05) is 6.92 Å². The highest BCUT2D eigenvalue weighted by molar-refractivity contribution is 8.01. The van der Waals surface area contributed by atoms with Crippen LogP contribution >= 0.6 is 23.4 Å². The van der Waals surface area contributed by atoms with Crippen LogP contribution in [0.2, 0.25) is 5.02 Å². The molecule has 1 aliphatic carbocycles. The minimum Gasteiger partial charge on any atom is -0.467 e. The van der Waals surface area contributed by atoms with Crippen LogP contribution < -0.4 is 5.32 Å². The summed E-state index contributed by atoms with van der Waals surface area (Å²) in [4.78, 5) is 42.9. The van der Waals surface area contributed by atoms with E-state index >= 15 is 0 Å². The van der Waals surface area contributed by atoms with Crippen LogP contribution in [0.15, 0.2) is 41.0 Å². The maximum atomic E-state index is 13.6. The number of urea groups is 1. The third-order valence-corrected chi connectivity index (χ3v) is 9.04. The molecular weight excluding hydrogens is 462 g/mol. The predicted molar refractivity (Wildman–Crippen MR) is 127 cm³/mol. The Kier molecular flexibility index (Phi) is 6.14. The van der Waals surface area contributed by atoms with Crippen molar-refractivity contribution in [1.29, 1.82) is 0 Å². The summed E-state index contributed by atoms with van der Waals surface area (Å²) in [5.74, 6) is 0.287. The molecule has 4 unspecified atom stereocenters. The molecule has 2 saturated heterocycles. The van der Waals surface area contributed by atoms with E-state index in [4.69, 9.17) is 16.0 Å². The van der Waals surface area contributed by atoms with E-state index in [1.54, 1.807) is 47.0 Å². The second-order valence-electron chi connectivity index (χ2n) is 8.91. The number of imide groups is 1. The second-order valence-corrected chi connectivity index (χ2v) is 10.7. The second kappa shape index (κ2) is 9.06. The van der Waals surface area contributed by atoms with Crippen LogP contribution in [-0.4, -0.2) is 50.7 Å². The van der Waals surface area contributed by atoms with Crippen LogP contribution in [0.4, 0.5) is 10.5 Å². The number of hydrogen-bond acceptors (Lipinski definition) is 5. The van der Waals surface area contributed by atoms with E-state index in [0.29, 0.717) is 21.7 Å². The molecule has 1 aromatic heterocycles. The van der Waals surface area contributed by atoms with E-state index in [0.717, 1.165) is 31.2 Å². The molecule has 0 bridgehead atoms. The highest BCUT2D eigenvalue weighted by Crippen LogP contribution is 2.50. The number of thioether (sulfide) groups is 1. The molecule has 7 nitrogen and oxygen atoms in total. The number of furan rings is 1. The van der Waals surface area contributed by atoms with Crippen molar-refractivity contribution >= 4 is 46.9 Å². The predicted octanol–water partition coefficient (Wildman–Crippen LogP) is 4.69. The highest BCUT2D eigenvalue weighted by Gasteiger charge is 2.57. The molecule has 1 N–H and O–H groups in total. The Bertz CT molecular complexity index is 1080. The number of nitrogens with one attached hydrogen (secondary N) is 1. The zero-order chi connectivity index (χ0) is 23.1. The molecule has 3 heterocycles. The zero-order valence-corrected chi connectivity index (χ0v) is 19.9. The molecule has 3 aliphatic rings. The molecule has 9 heteroatoms. The number of rotatable bonds is 5. The number of nitrogens with zero attached hydrogens (tertiary/aromatic N) is 2. The van der Waals surface area contributed by atoms with E-state index < -0.39 is 6.03 Å². The number of amides is 4. The fraction of sp³-hybridized carbons (Fsp3) is 0.458. The topological polar surface area (TPSA) is 82.9 Å². The van der Waals surface area contributed by atoms with Gasteiger partial charge in [0.25, 0.3) is 0 Å². The third kappa shape index (κ3) is 4.15. The first-order valence-electron chi connectivity index (χ1n) is 11.3. The summed E-state index contributed by atoms with van der Waals surface area (Å²) < 4.78 is 5.40. The minimum absolute atomic E-state index is 0.0648. The van der Waals surface area contributed by atoms with E-state index in [2.05, 4.69) is 5.32 Å². The lowest BCUT2D eigenvalue weighted by atomic mass is 9.81. The van der Waals surface area contributed by atoms with Crippen LogP contribution in [0.25, 0.3) is 0 Å². The van der Waals surface area contributed by atoms with Crippen molar-refractivity contribution in [2.75, 3.05) is 11.9 Å². The van der Waals surface area contributed by atoms with E-state index in [9.17, 15) is 14.4 Å². The Balaban J connectivity index is 1.42. The number of hydrogen-bond donors (Lipinski definition) is 1. The van der Waals surface area contributed by atoms with Crippen molar-refractivity contribution in [3.63, 3.8) is 0 Å². The minimum atomic E-state index is -0.428. The van der Waals surface area contributed by atoms with Gasteiger partial charge in [-0.25, -0.2) is 4.79 Å². The SMILES string of the molecule is Cc1c(Cl)cccc1NC(=O)CN1C(=O)N(Cc2ccco2)C(=O)C2SC3CCCCC3C21. The molecule has 0 radical (unpaired) electrons. The van der Waals surface area contributed by atoms with E-state index in [1.165, 1.54) is 11.2 Å². The number of fused-ring (bicyclic) bond motifs is 3. The Morgan fingerprint density at radius 2 is 2.03 bits per heavy atom. The van der Waals surface area contributed by atoms with Crippen LogP contribution in [0, 0.1) is 12.8 Å². The first kappa shape index (κ1) is 22.3. The van der Waals surface area contributed by atoms with Gasteiger partial charge in [-0.15, -0.1) is 11.8 Å². The normalized spacial score (nSPS) is 26.8. The van der Waals surface area contributed by atoms with Gasteiger partial charge in [-0.3, -0.25) is 14.5 Å².